The topological polar surface area (TPSA) is 90.7 Å². The fourth-order valence-electron chi connectivity index (χ4n) is 3.00. The molecule has 7 nitrogen and oxygen atoms in total. The van der Waals surface area contributed by atoms with Gasteiger partial charge in [0.05, 0.1) is 7.11 Å². The van der Waals surface area contributed by atoms with Crippen molar-refractivity contribution in [3.63, 3.8) is 0 Å². The van der Waals surface area contributed by atoms with E-state index in [1.165, 1.54) is 7.11 Å². The van der Waals surface area contributed by atoms with Crippen LogP contribution in [-0.4, -0.2) is 41.0 Å². The first-order chi connectivity index (χ1) is 11.6. The zero-order chi connectivity index (χ0) is 17.5. The highest BCUT2D eigenvalue weighted by atomic mass is 16.5. The van der Waals surface area contributed by atoms with Gasteiger partial charge in [-0.05, 0) is 32.6 Å². The first-order valence-corrected chi connectivity index (χ1v) is 8.48. The lowest BCUT2D eigenvalue weighted by molar-refractivity contribution is -0.140. The van der Waals surface area contributed by atoms with Crippen LogP contribution < -0.4 is 5.56 Å². The van der Waals surface area contributed by atoms with Gasteiger partial charge in [0.2, 0.25) is 0 Å². The molecule has 0 amide bonds. The number of hydrogen-bond acceptors (Lipinski definition) is 6. The number of aliphatic hydroxyl groups is 1. The Hall–Kier alpha value is -1.73. The van der Waals surface area contributed by atoms with Crippen LogP contribution in [0.3, 0.4) is 0 Å². The van der Waals surface area contributed by atoms with E-state index in [1.807, 2.05) is 0 Å². The minimum Gasteiger partial charge on any atom is -0.469 e. The molecular weight excluding hydrogens is 312 g/mol. The monoisotopic (exact) mass is 338 g/mol. The SMILES string of the molecule is COC(=O)CCCCOC1CCCn2c1nc(C)c(CCO)c2=O. The smallest absolute Gasteiger partial charge is 0.305 e. The lowest BCUT2D eigenvalue weighted by atomic mass is 10.1. The van der Waals surface area contributed by atoms with Crippen LogP contribution in [0, 0.1) is 6.92 Å². The fraction of sp³-hybridized carbons (Fsp3) is 0.706. The van der Waals surface area contributed by atoms with Crippen LogP contribution in [0.15, 0.2) is 4.79 Å². The maximum absolute atomic E-state index is 12.6. The molecule has 0 saturated carbocycles. The minimum absolute atomic E-state index is 0.0583. The second-order valence-corrected chi connectivity index (χ2v) is 6.00. The van der Waals surface area contributed by atoms with Gasteiger partial charge in [0.25, 0.3) is 5.56 Å². The Balaban J connectivity index is 2.01. The summed E-state index contributed by atoms with van der Waals surface area (Å²) in [5.41, 5.74) is 1.19. The highest BCUT2D eigenvalue weighted by Gasteiger charge is 2.25. The predicted octanol–water partition coefficient (Wildman–Crippen LogP) is 1.28. The number of rotatable bonds is 8. The van der Waals surface area contributed by atoms with Gasteiger partial charge in [-0.3, -0.25) is 14.2 Å². The third kappa shape index (κ3) is 4.42. The zero-order valence-corrected chi connectivity index (χ0v) is 14.4. The molecule has 0 saturated heterocycles. The van der Waals surface area contributed by atoms with E-state index in [2.05, 4.69) is 9.72 Å². The third-order valence-corrected chi connectivity index (χ3v) is 4.32. The number of methoxy groups -OCH3 is 1. The Kier molecular flexibility index (Phi) is 6.93. The lowest BCUT2D eigenvalue weighted by Crippen LogP contribution is -2.34. The van der Waals surface area contributed by atoms with E-state index in [9.17, 15) is 9.59 Å². The summed E-state index contributed by atoms with van der Waals surface area (Å²) >= 11 is 0. The van der Waals surface area contributed by atoms with E-state index < -0.39 is 0 Å². The second kappa shape index (κ2) is 8.94. The van der Waals surface area contributed by atoms with Crippen LogP contribution >= 0.6 is 0 Å². The molecule has 24 heavy (non-hydrogen) atoms. The maximum atomic E-state index is 12.6. The van der Waals surface area contributed by atoms with Gasteiger partial charge >= 0.3 is 5.97 Å². The Labute approximate surface area is 141 Å². The van der Waals surface area contributed by atoms with Gasteiger partial charge in [-0.25, -0.2) is 4.98 Å². The maximum Gasteiger partial charge on any atom is 0.305 e. The molecule has 0 aliphatic carbocycles. The zero-order valence-electron chi connectivity index (χ0n) is 14.4. The molecule has 0 bridgehead atoms. The Morgan fingerprint density at radius 3 is 2.92 bits per heavy atom. The molecule has 1 N–H and O–H groups in total. The number of nitrogens with zero attached hydrogens (tertiary/aromatic N) is 2. The molecule has 1 atom stereocenters. The van der Waals surface area contributed by atoms with Crippen molar-refractivity contribution in [3.8, 4) is 0 Å². The van der Waals surface area contributed by atoms with Crippen molar-refractivity contribution in [2.45, 2.75) is 58.1 Å². The molecule has 0 spiro atoms. The molecule has 134 valence electrons. The number of carbonyl (C=O) groups is 1. The Morgan fingerprint density at radius 1 is 1.42 bits per heavy atom. The summed E-state index contributed by atoms with van der Waals surface area (Å²) in [6.07, 6.45) is 3.71. The van der Waals surface area contributed by atoms with E-state index in [4.69, 9.17) is 9.84 Å². The molecule has 1 unspecified atom stereocenters. The molecule has 0 radical (unpaired) electrons. The molecule has 1 aromatic rings. The fourth-order valence-corrected chi connectivity index (χ4v) is 3.00. The van der Waals surface area contributed by atoms with Crippen molar-refractivity contribution in [2.24, 2.45) is 0 Å². The Morgan fingerprint density at radius 2 is 2.21 bits per heavy atom. The number of carbonyl (C=O) groups excluding carboxylic acids is 1. The van der Waals surface area contributed by atoms with Crippen LogP contribution in [0.25, 0.3) is 0 Å². The summed E-state index contributed by atoms with van der Waals surface area (Å²) in [6, 6.07) is 0. The molecular formula is C17H26N2O5. The van der Waals surface area contributed by atoms with Crippen LogP contribution in [0.5, 0.6) is 0 Å². The van der Waals surface area contributed by atoms with Crippen LogP contribution in [-0.2, 0) is 27.2 Å². The average Bonchev–Trinajstić information content (AvgIpc) is 2.58. The number of aryl methyl sites for hydroxylation is 1. The molecule has 0 fully saturated rings. The van der Waals surface area contributed by atoms with E-state index >= 15 is 0 Å². The van der Waals surface area contributed by atoms with Crippen molar-refractivity contribution in [1.29, 1.82) is 0 Å². The molecule has 7 heteroatoms. The summed E-state index contributed by atoms with van der Waals surface area (Å²) in [4.78, 5) is 28.2. The van der Waals surface area contributed by atoms with Crippen molar-refractivity contribution in [2.75, 3.05) is 20.3 Å². The molecule has 2 heterocycles. The molecule has 1 aliphatic heterocycles. The standard InChI is InChI=1S/C17H26N2O5/c1-12-13(8-10-20)17(22)19-9-5-6-14(16(19)18-12)24-11-4-3-7-15(21)23-2/h14,20H,3-11H2,1-2H3. The number of fused-ring (bicyclic) bond motifs is 1. The van der Waals surface area contributed by atoms with Crippen molar-refractivity contribution in [3.05, 3.63) is 27.4 Å². The first-order valence-electron chi connectivity index (χ1n) is 8.48. The molecule has 0 aromatic carbocycles. The van der Waals surface area contributed by atoms with E-state index in [-0.39, 0.29) is 24.2 Å². The predicted molar refractivity (Wildman–Crippen MR) is 87.8 cm³/mol. The second-order valence-electron chi connectivity index (χ2n) is 6.00. The highest BCUT2D eigenvalue weighted by molar-refractivity contribution is 5.68. The summed E-state index contributed by atoms with van der Waals surface area (Å²) in [7, 11) is 1.38. The van der Waals surface area contributed by atoms with Gasteiger partial charge < -0.3 is 14.6 Å². The summed E-state index contributed by atoms with van der Waals surface area (Å²) in [6.45, 7) is 2.91. The van der Waals surface area contributed by atoms with Crippen LogP contribution in [0.1, 0.15) is 55.3 Å². The van der Waals surface area contributed by atoms with E-state index in [0.29, 0.717) is 49.5 Å². The van der Waals surface area contributed by atoms with Crippen LogP contribution in [0.4, 0.5) is 0 Å². The van der Waals surface area contributed by atoms with Gasteiger partial charge in [0.15, 0.2) is 0 Å². The molecule has 1 aliphatic rings. The summed E-state index contributed by atoms with van der Waals surface area (Å²) in [5, 5.41) is 9.11. The summed E-state index contributed by atoms with van der Waals surface area (Å²) in [5.74, 6) is 0.469. The quantitative estimate of drug-likeness (QED) is 0.567. The van der Waals surface area contributed by atoms with E-state index in [1.54, 1.807) is 11.5 Å². The van der Waals surface area contributed by atoms with Crippen molar-refractivity contribution >= 4 is 5.97 Å². The van der Waals surface area contributed by atoms with Gasteiger partial charge in [-0.2, -0.15) is 0 Å². The number of aliphatic hydroxyl groups excluding tert-OH is 1. The van der Waals surface area contributed by atoms with Gasteiger partial charge in [-0.15, -0.1) is 0 Å². The summed E-state index contributed by atoms with van der Waals surface area (Å²) < 4.78 is 12.2. The number of aromatic nitrogens is 2. The Bertz CT molecular complexity index is 626. The number of hydrogen-bond donors (Lipinski definition) is 1. The largest absolute Gasteiger partial charge is 0.469 e. The molecule has 2 rings (SSSR count). The minimum atomic E-state index is -0.210. The van der Waals surface area contributed by atoms with Gasteiger partial charge in [0.1, 0.15) is 11.9 Å². The van der Waals surface area contributed by atoms with Gasteiger partial charge in [0, 0.05) is 43.9 Å². The van der Waals surface area contributed by atoms with Gasteiger partial charge in [-0.1, -0.05) is 0 Å². The number of esters is 1. The highest BCUT2D eigenvalue weighted by Crippen LogP contribution is 2.26. The van der Waals surface area contributed by atoms with Crippen molar-refractivity contribution < 1.29 is 19.4 Å². The average molecular weight is 338 g/mol. The number of unbranched alkanes of at least 4 members (excludes halogenated alkanes) is 1. The number of ether oxygens (including phenoxy) is 2. The molecule has 1 aromatic heterocycles. The third-order valence-electron chi connectivity index (χ3n) is 4.32. The normalized spacial score (nSPS) is 16.7. The van der Waals surface area contributed by atoms with Crippen molar-refractivity contribution in [1.82, 2.24) is 9.55 Å². The lowest BCUT2D eigenvalue weighted by Gasteiger charge is -2.27. The van der Waals surface area contributed by atoms with E-state index in [0.717, 1.165) is 19.3 Å². The van der Waals surface area contributed by atoms with Crippen LogP contribution in [0.2, 0.25) is 0 Å². The first kappa shape index (κ1) is 18.6.